The molecule has 2 aliphatic rings. The Hall–Kier alpha value is -2.32. The quantitative estimate of drug-likeness (QED) is 0.548. The number of hydrogen-bond acceptors (Lipinski definition) is 5. The van der Waals surface area contributed by atoms with Gasteiger partial charge in [0.25, 0.3) is 0 Å². The number of methoxy groups -OCH3 is 1. The molecule has 4 atom stereocenters. The first-order valence-corrected chi connectivity index (χ1v) is 12.1. The van der Waals surface area contributed by atoms with Crippen molar-refractivity contribution in [1.82, 2.24) is 10.2 Å². The number of ether oxygens (including phenoxy) is 2. The van der Waals surface area contributed by atoms with Gasteiger partial charge in [0.2, 0.25) is 5.91 Å². The van der Waals surface area contributed by atoms with Crippen LogP contribution in [0.25, 0.3) is 0 Å². The van der Waals surface area contributed by atoms with Crippen LogP contribution in [0.5, 0.6) is 0 Å². The molecule has 0 aliphatic carbocycles. The van der Waals surface area contributed by atoms with Gasteiger partial charge in [-0.3, -0.25) is 9.69 Å². The van der Waals surface area contributed by atoms with Crippen LogP contribution >= 0.6 is 0 Å². The van der Waals surface area contributed by atoms with Crippen LogP contribution in [-0.2, 0) is 14.3 Å². The van der Waals surface area contributed by atoms with Gasteiger partial charge in [-0.1, -0.05) is 37.4 Å². The van der Waals surface area contributed by atoms with E-state index in [9.17, 15) is 9.18 Å². The molecule has 1 saturated heterocycles. The average molecular weight is 472 g/mol. The zero-order valence-corrected chi connectivity index (χ0v) is 20.2. The summed E-state index contributed by atoms with van der Waals surface area (Å²) in [6.45, 7) is 11.9. The second-order valence-electron chi connectivity index (χ2n) is 8.91. The third-order valence-corrected chi connectivity index (χ3v) is 6.96. The highest BCUT2D eigenvalue weighted by molar-refractivity contribution is 5.81. The molecule has 0 radical (unpaired) electrons. The van der Waals surface area contributed by atoms with E-state index < -0.39 is 5.92 Å². The van der Waals surface area contributed by atoms with Crippen LogP contribution in [0.3, 0.4) is 0 Å². The minimum absolute atomic E-state index is 0.0431. The zero-order chi connectivity index (χ0) is 24.5. The number of hydrogen-bond donors (Lipinski definition) is 2. The van der Waals surface area contributed by atoms with Gasteiger partial charge in [-0.25, -0.2) is 4.39 Å². The SMILES string of the molecule is C=C/C1=C(\C=C)[C@H](c2ccc(F)cc2)[C@H](C2CC[C@H](N(CCN)CCOC)CO2)C(=O)NCC1. The van der Waals surface area contributed by atoms with E-state index >= 15 is 0 Å². The summed E-state index contributed by atoms with van der Waals surface area (Å²) in [6.07, 6.45) is 5.68. The summed E-state index contributed by atoms with van der Waals surface area (Å²) < 4.78 is 25.4. The molecule has 3 N–H and O–H groups in total. The first-order valence-electron chi connectivity index (χ1n) is 12.1. The molecule has 2 aliphatic heterocycles. The van der Waals surface area contributed by atoms with E-state index in [1.54, 1.807) is 19.2 Å². The predicted molar refractivity (Wildman–Crippen MR) is 133 cm³/mol. The van der Waals surface area contributed by atoms with Gasteiger partial charge < -0.3 is 20.5 Å². The molecule has 1 fully saturated rings. The van der Waals surface area contributed by atoms with Crippen molar-refractivity contribution in [3.05, 3.63) is 72.1 Å². The van der Waals surface area contributed by atoms with Gasteiger partial charge in [-0.2, -0.15) is 0 Å². The minimum Gasteiger partial charge on any atom is -0.383 e. The van der Waals surface area contributed by atoms with Crippen LogP contribution in [0.15, 0.2) is 60.7 Å². The first-order chi connectivity index (χ1) is 16.5. The van der Waals surface area contributed by atoms with Crippen LogP contribution in [0, 0.1) is 11.7 Å². The maximum Gasteiger partial charge on any atom is 0.226 e. The lowest BCUT2D eigenvalue weighted by atomic mass is 9.73. The van der Waals surface area contributed by atoms with Crippen LogP contribution in [0.4, 0.5) is 4.39 Å². The van der Waals surface area contributed by atoms with Crippen LogP contribution < -0.4 is 11.1 Å². The number of nitrogens with one attached hydrogen (secondary N) is 1. The van der Waals surface area contributed by atoms with Gasteiger partial charge in [0.05, 0.1) is 25.2 Å². The number of carbonyl (C=O) groups is 1. The Morgan fingerprint density at radius 1 is 1.24 bits per heavy atom. The molecule has 0 spiro atoms. The molecule has 0 saturated carbocycles. The first kappa shape index (κ1) is 26.3. The number of nitrogens with two attached hydrogens (primary N) is 1. The van der Waals surface area contributed by atoms with Gasteiger partial charge in [-0.05, 0) is 48.1 Å². The molecule has 2 heterocycles. The lowest BCUT2D eigenvalue weighted by Gasteiger charge is -2.41. The molecule has 1 unspecified atom stereocenters. The molecule has 6 nitrogen and oxygen atoms in total. The molecule has 34 heavy (non-hydrogen) atoms. The molecule has 1 amide bonds. The summed E-state index contributed by atoms with van der Waals surface area (Å²) >= 11 is 0. The van der Waals surface area contributed by atoms with E-state index in [-0.39, 0.29) is 29.8 Å². The minimum atomic E-state index is -0.461. The van der Waals surface area contributed by atoms with Gasteiger partial charge in [0, 0.05) is 45.2 Å². The van der Waals surface area contributed by atoms with Crippen molar-refractivity contribution in [2.24, 2.45) is 11.7 Å². The zero-order valence-electron chi connectivity index (χ0n) is 20.2. The predicted octanol–water partition coefficient (Wildman–Crippen LogP) is 3.17. The van der Waals surface area contributed by atoms with Crippen molar-refractivity contribution >= 4 is 5.91 Å². The van der Waals surface area contributed by atoms with Gasteiger partial charge >= 0.3 is 0 Å². The van der Waals surface area contributed by atoms with Crippen molar-refractivity contribution in [2.75, 3.05) is 46.5 Å². The second-order valence-corrected chi connectivity index (χ2v) is 8.91. The molecule has 7 heteroatoms. The number of allylic oxidation sites excluding steroid dienone is 3. The topological polar surface area (TPSA) is 76.8 Å². The van der Waals surface area contributed by atoms with Gasteiger partial charge in [0.15, 0.2) is 0 Å². The molecule has 1 aromatic carbocycles. The summed E-state index contributed by atoms with van der Waals surface area (Å²) in [5, 5.41) is 3.08. The smallest absolute Gasteiger partial charge is 0.226 e. The fraction of sp³-hybridized carbons (Fsp3) is 0.519. The van der Waals surface area contributed by atoms with Crippen molar-refractivity contribution in [1.29, 1.82) is 0 Å². The molecule has 1 aromatic rings. The maximum absolute atomic E-state index is 13.7. The molecule has 3 rings (SSSR count). The maximum atomic E-state index is 13.7. The summed E-state index contributed by atoms with van der Waals surface area (Å²) in [5.41, 5.74) is 8.69. The van der Waals surface area contributed by atoms with Crippen molar-refractivity contribution in [2.45, 2.75) is 37.3 Å². The number of nitrogens with zero attached hydrogens (tertiary/aromatic N) is 1. The molecule has 0 bridgehead atoms. The highest BCUT2D eigenvalue weighted by Gasteiger charge is 2.42. The number of carbonyl (C=O) groups excluding carboxylic acids is 1. The summed E-state index contributed by atoms with van der Waals surface area (Å²) in [5.74, 6) is -1.12. The fourth-order valence-electron chi connectivity index (χ4n) is 5.23. The van der Waals surface area contributed by atoms with E-state index in [1.807, 2.05) is 12.2 Å². The third kappa shape index (κ3) is 6.21. The van der Waals surface area contributed by atoms with E-state index in [0.29, 0.717) is 32.7 Å². The Balaban J connectivity index is 1.91. The van der Waals surface area contributed by atoms with Crippen molar-refractivity contribution < 1.29 is 18.7 Å². The Morgan fingerprint density at radius 3 is 2.59 bits per heavy atom. The van der Waals surface area contributed by atoms with Crippen LogP contribution in [0.1, 0.15) is 30.7 Å². The molecular formula is C27H38FN3O3. The van der Waals surface area contributed by atoms with Gasteiger partial charge in [0.1, 0.15) is 5.82 Å². The third-order valence-electron chi connectivity index (χ3n) is 6.96. The van der Waals surface area contributed by atoms with E-state index in [4.69, 9.17) is 15.2 Å². The van der Waals surface area contributed by atoms with E-state index in [1.165, 1.54) is 12.1 Å². The Bertz CT molecular complexity index is 862. The van der Waals surface area contributed by atoms with Crippen molar-refractivity contribution in [3.8, 4) is 0 Å². The Labute approximate surface area is 202 Å². The highest BCUT2D eigenvalue weighted by atomic mass is 19.1. The van der Waals surface area contributed by atoms with Crippen LogP contribution in [0.2, 0.25) is 0 Å². The molecular weight excluding hydrogens is 433 g/mol. The summed E-state index contributed by atoms with van der Waals surface area (Å²) in [6, 6.07) is 6.62. The monoisotopic (exact) mass is 471 g/mol. The number of halogens is 1. The Morgan fingerprint density at radius 2 is 2.00 bits per heavy atom. The summed E-state index contributed by atoms with van der Waals surface area (Å²) in [4.78, 5) is 15.7. The van der Waals surface area contributed by atoms with Gasteiger partial charge in [-0.15, -0.1) is 0 Å². The number of rotatable bonds is 10. The lowest BCUT2D eigenvalue weighted by Crippen LogP contribution is -2.51. The van der Waals surface area contributed by atoms with E-state index in [0.717, 1.165) is 42.6 Å². The second kappa shape index (κ2) is 13.0. The average Bonchev–Trinajstić information content (AvgIpc) is 2.85. The Kier molecular flexibility index (Phi) is 10.0. The molecule has 186 valence electrons. The van der Waals surface area contributed by atoms with Crippen LogP contribution in [-0.4, -0.2) is 69.5 Å². The number of benzene rings is 1. The largest absolute Gasteiger partial charge is 0.383 e. The lowest BCUT2D eigenvalue weighted by molar-refractivity contribution is -0.135. The standard InChI is InChI=1S/C27H38FN3O3/c1-4-19-12-14-30-27(32)26(25(23(19)5-2)20-6-8-21(28)9-7-20)24-11-10-22(18-34-24)31(15-13-29)16-17-33-3/h4-9,22,24-26H,1-2,10-18,29H2,3H3,(H,30,32)/b23-19-/t22-,24?,25-,26-/m0/s1. The highest BCUT2D eigenvalue weighted by Crippen LogP contribution is 2.41. The van der Waals surface area contributed by atoms with Crippen molar-refractivity contribution in [3.63, 3.8) is 0 Å². The normalized spacial score (nSPS) is 28.2. The van der Waals surface area contributed by atoms with E-state index in [2.05, 4.69) is 23.4 Å². The summed E-state index contributed by atoms with van der Waals surface area (Å²) in [7, 11) is 1.69. The fourth-order valence-corrected chi connectivity index (χ4v) is 5.23. The number of amides is 1. The molecule has 0 aromatic heterocycles.